The Morgan fingerprint density at radius 1 is 1.29 bits per heavy atom. The molecular weight excluding hydrogens is 272 g/mol. The lowest BCUT2D eigenvalue weighted by Gasteiger charge is -2.10. The van der Waals surface area contributed by atoms with Crippen molar-refractivity contribution >= 4 is 17.5 Å². The number of nitro groups is 1. The zero-order valence-corrected chi connectivity index (χ0v) is 13.0. The number of hydrogen-bond acceptors (Lipinski definition) is 7. The van der Waals surface area contributed by atoms with Crippen LogP contribution in [0.3, 0.4) is 0 Å². The van der Waals surface area contributed by atoms with E-state index in [2.05, 4.69) is 48.4 Å². The van der Waals surface area contributed by atoms with Gasteiger partial charge in [0, 0.05) is 6.54 Å². The van der Waals surface area contributed by atoms with E-state index in [0.717, 1.165) is 0 Å². The molecule has 0 aliphatic heterocycles. The molecule has 2 rings (SSSR count). The molecule has 1 aliphatic rings. The van der Waals surface area contributed by atoms with Gasteiger partial charge in [-0.2, -0.15) is 4.98 Å². The van der Waals surface area contributed by atoms with E-state index in [1.54, 1.807) is 6.92 Å². The standard InChI is InChI=1S/C13H22N6O2/c1-7-9(19(20)21)10(17-11(16-7)18-14)15-6-8-12(2,3)13(8,4)5/h8H,6,14H2,1-5H3,(H2,15,16,17,18). The summed E-state index contributed by atoms with van der Waals surface area (Å²) < 4.78 is 0. The molecule has 1 heterocycles. The summed E-state index contributed by atoms with van der Waals surface area (Å²) in [4.78, 5) is 18.7. The SMILES string of the molecule is Cc1nc(NN)nc(NCC2C(C)(C)C2(C)C)c1[N+](=O)[O-]. The van der Waals surface area contributed by atoms with Crippen LogP contribution in [0.1, 0.15) is 33.4 Å². The molecule has 0 aromatic carbocycles. The van der Waals surface area contributed by atoms with Crippen molar-refractivity contribution in [2.45, 2.75) is 34.6 Å². The maximum absolute atomic E-state index is 11.2. The smallest absolute Gasteiger partial charge is 0.332 e. The molecule has 1 aromatic heterocycles. The van der Waals surface area contributed by atoms with Crippen LogP contribution in [0.25, 0.3) is 0 Å². The van der Waals surface area contributed by atoms with Crippen molar-refractivity contribution in [1.29, 1.82) is 0 Å². The molecular formula is C13H22N6O2. The molecule has 1 fully saturated rings. The second-order valence-corrected chi connectivity index (χ2v) is 6.61. The minimum Gasteiger partial charge on any atom is -0.364 e. The van der Waals surface area contributed by atoms with Gasteiger partial charge < -0.3 is 5.32 Å². The van der Waals surface area contributed by atoms with Crippen molar-refractivity contribution in [3.05, 3.63) is 15.8 Å². The van der Waals surface area contributed by atoms with Crippen molar-refractivity contribution in [1.82, 2.24) is 9.97 Å². The van der Waals surface area contributed by atoms with Gasteiger partial charge in [-0.3, -0.25) is 15.5 Å². The highest BCUT2D eigenvalue weighted by Crippen LogP contribution is 2.68. The van der Waals surface area contributed by atoms with Gasteiger partial charge >= 0.3 is 5.69 Å². The number of aryl methyl sites for hydroxylation is 1. The Balaban J connectivity index is 2.24. The molecule has 0 atom stereocenters. The summed E-state index contributed by atoms with van der Waals surface area (Å²) in [5.74, 6) is 6.09. The summed E-state index contributed by atoms with van der Waals surface area (Å²) >= 11 is 0. The topological polar surface area (TPSA) is 119 Å². The first-order valence-electron chi connectivity index (χ1n) is 6.86. The zero-order valence-electron chi connectivity index (χ0n) is 13.0. The maximum Gasteiger partial charge on any atom is 0.332 e. The minimum atomic E-state index is -0.471. The van der Waals surface area contributed by atoms with Gasteiger partial charge in [0.05, 0.1) is 4.92 Å². The Labute approximate surface area is 123 Å². The molecule has 8 heteroatoms. The third kappa shape index (κ3) is 2.39. The largest absolute Gasteiger partial charge is 0.364 e. The number of anilines is 2. The molecule has 0 radical (unpaired) electrons. The van der Waals surface area contributed by atoms with Crippen LogP contribution in [0.15, 0.2) is 0 Å². The number of nitrogens with zero attached hydrogens (tertiary/aromatic N) is 3. The van der Waals surface area contributed by atoms with Crippen molar-refractivity contribution in [2.75, 3.05) is 17.3 Å². The van der Waals surface area contributed by atoms with Gasteiger partial charge in [-0.1, -0.05) is 27.7 Å². The summed E-state index contributed by atoms with van der Waals surface area (Å²) in [7, 11) is 0. The monoisotopic (exact) mass is 294 g/mol. The van der Waals surface area contributed by atoms with Crippen LogP contribution in [0.5, 0.6) is 0 Å². The number of hydrazine groups is 1. The highest BCUT2D eigenvalue weighted by atomic mass is 16.6. The van der Waals surface area contributed by atoms with Gasteiger partial charge in [0.1, 0.15) is 5.69 Å². The lowest BCUT2D eigenvalue weighted by molar-refractivity contribution is -0.385. The molecule has 1 aliphatic carbocycles. The molecule has 0 spiro atoms. The number of nitrogens with two attached hydrogens (primary N) is 1. The summed E-state index contributed by atoms with van der Waals surface area (Å²) in [6.07, 6.45) is 0. The fraction of sp³-hybridized carbons (Fsp3) is 0.692. The van der Waals surface area contributed by atoms with Crippen molar-refractivity contribution < 1.29 is 4.92 Å². The second-order valence-electron chi connectivity index (χ2n) is 6.61. The molecule has 21 heavy (non-hydrogen) atoms. The van der Waals surface area contributed by atoms with Crippen molar-refractivity contribution in [3.8, 4) is 0 Å². The quantitative estimate of drug-likeness (QED) is 0.432. The molecule has 0 bridgehead atoms. The Kier molecular flexibility index (Phi) is 3.53. The van der Waals surface area contributed by atoms with E-state index in [1.165, 1.54) is 0 Å². The lowest BCUT2D eigenvalue weighted by Crippen LogP contribution is -2.16. The molecule has 1 saturated carbocycles. The van der Waals surface area contributed by atoms with Gasteiger partial charge in [-0.15, -0.1) is 0 Å². The van der Waals surface area contributed by atoms with Crippen molar-refractivity contribution in [3.63, 3.8) is 0 Å². The van der Waals surface area contributed by atoms with Crippen LogP contribution in [0.4, 0.5) is 17.5 Å². The summed E-state index contributed by atoms with van der Waals surface area (Å²) in [5, 5.41) is 14.3. The second kappa shape index (κ2) is 4.80. The van der Waals surface area contributed by atoms with E-state index in [4.69, 9.17) is 5.84 Å². The molecule has 0 amide bonds. The van der Waals surface area contributed by atoms with Crippen LogP contribution < -0.4 is 16.6 Å². The van der Waals surface area contributed by atoms with Gasteiger partial charge in [0.25, 0.3) is 0 Å². The third-order valence-corrected chi connectivity index (χ3v) is 5.16. The summed E-state index contributed by atoms with van der Waals surface area (Å²) in [6.45, 7) is 11.0. The molecule has 116 valence electrons. The van der Waals surface area contributed by atoms with E-state index in [9.17, 15) is 10.1 Å². The first-order chi connectivity index (χ1) is 9.62. The number of nitrogen functional groups attached to an aromatic ring is 1. The lowest BCUT2D eigenvalue weighted by atomic mass is 10.0. The predicted octanol–water partition coefficient (Wildman–Crippen LogP) is 2.07. The maximum atomic E-state index is 11.2. The average Bonchev–Trinajstić information content (AvgIpc) is 2.75. The van der Waals surface area contributed by atoms with Gasteiger partial charge in [0.2, 0.25) is 11.8 Å². The zero-order chi connectivity index (χ0) is 16.0. The fourth-order valence-electron chi connectivity index (χ4n) is 3.02. The van der Waals surface area contributed by atoms with Crippen LogP contribution in [0.2, 0.25) is 0 Å². The minimum absolute atomic E-state index is 0.106. The predicted molar refractivity (Wildman–Crippen MR) is 80.8 cm³/mol. The first-order valence-corrected chi connectivity index (χ1v) is 6.86. The average molecular weight is 294 g/mol. The Bertz CT molecular complexity index is 570. The molecule has 4 N–H and O–H groups in total. The van der Waals surface area contributed by atoms with Crippen LogP contribution in [0, 0.1) is 33.8 Å². The number of nitrogens with one attached hydrogen (secondary N) is 2. The van der Waals surface area contributed by atoms with Crippen LogP contribution >= 0.6 is 0 Å². The number of hydrogen-bond donors (Lipinski definition) is 3. The molecule has 1 aromatic rings. The summed E-state index contributed by atoms with van der Waals surface area (Å²) in [5.41, 5.74) is 2.90. The Hall–Kier alpha value is -1.96. The normalized spacial score (nSPS) is 19.1. The fourth-order valence-corrected chi connectivity index (χ4v) is 3.02. The number of rotatable bonds is 5. The van der Waals surface area contributed by atoms with Crippen molar-refractivity contribution in [2.24, 2.45) is 22.6 Å². The van der Waals surface area contributed by atoms with Gasteiger partial charge in [-0.05, 0) is 23.7 Å². The molecule has 0 unspecified atom stereocenters. The van der Waals surface area contributed by atoms with E-state index in [1.807, 2.05) is 0 Å². The first kappa shape index (κ1) is 15.4. The molecule has 8 nitrogen and oxygen atoms in total. The number of aromatic nitrogens is 2. The van der Waals surface area contributed by atoms with E-state index < -0.39 is 4.92 Å². The molecule has 0 saturated heterocycles. The van der Waals surface area contributed by atoms with E-state index in [0.29, 0.717) is 12.5 Å². The Morgan fingerprint density at radius 2 is 1.86 bits per heavy atom. The Morgan fingerprint density at radius 3 is 2.29 bits per heavy atom. The van der Waals surface area contributed by atoms with Gasteiger partial charge in [0.15, 0.2) is 0 Å². The van der Waals surface area contributed by atoms with E-state index in [-0.39, 0.29) is 34.0 Å². The van der Waals surface area contributed by atoms with E-state index >= 15 is 0 Å². The summed E-state index contributed by atoms with van der Waals surface area (Å²) in [6, 6.07) is 0. The highest BCUT2D eigenvalue weighted by molar-refractivity contribution is 5.60. The van der Waals surface area contributed by atoms with Crippen LogP contribution in [-0.2, 0) is 0 Å². The third-order valence-electron chi connectivity index (χ3n) is 5.16. The highest BCUT2D eigenvalue weighted by Gasteiger charge is 2.64. The van der Waals surface area contributed by atoms with Crippen LogP contribution in [-0.4, -0.2) is 21.4 Å². The van der Waals surface area contributed by atoms with Gasteiger partial charge in [-0.25, -0.2) is 10.8 Å².